The van der Waals surface area contributed by atoms with Gasteiger partial charge in [-0.1, -0.05) is 0 Å². The molecule has 0 aromatic heterocycles. The fourth-order valence-corrected chi connectivity index (χ4v) is 0.344. The molecule has 0 atom stereocenters. The van der Waals surface area contributed by atoms with Crippen LogP contribution in [0.5, 0.6) is 0 Å². The minimum absolute atomic E-state index is 1.29. The van der Waals surface area contributed by atoms with Crippen molar-refractivity contribution in [3.8, 4) is 0 Å². The molecule has 0 bridgehead atoms. The van der Waals surface area contributed by atoms with E-state index in [1.165, 1.54) is 4.53 Å². The van der Waals surface area contributed by atoms with Crippen LogP contribution in [0.3, 0.4) is 0 Å². The molecule has 0 saturated carbocycles. The van der Waals surface area contributed by atoms with Crippen LogP contribution in [0.1, 0.15) is 0 Å². The van der Waals surface area contributed by atoms with Gasteiger partial charge in [0.1, 0.15) is 0 Å². The van der Waals surface area contributed by atoms with E-state index in [1.807, 2.05) is 0 Å². The van der Waals surface area contributed by atoms with Crippen molar-refractivity contribution >= 4 is 11.8 Å². The maximum Gasteiger partial charge on any atom is 0.0535 e. The molecule has 1 heterocycles. The normalized spacial score (nSPS) is 18.5. The second kappa shape index (κ2) is 1.36. The molecule has 34 valence electrons. The van der Waals surface area contributed by atoms with E-state index < -0.39 is 0 Å². The van der Waals surface area contributed by atoms with Gasteiger partial charge in [-0.05, 0) is 0 Å². The van der Waals surface area contributed by atoms with Gasteiger partial charge in [-0.15, -0.1) is 5.53 Å². The van der Waals surface area contributed by atoms with Gasteiger partial charge >= 0.3 is 0 Å². The summed E-state index contributed by atoms with van der Waals surface area (Å²) in [7, 11) is 0. The highest BCUT2D eigenvalue weighted by molar-refractivity contribution is 6.13. The van der Waals surface area contributed by atoms with Crippen LogP contribution in [0.25, 0.3) is 0 Å². The smallest absolute Gasteiger partial charge is 0.0535 e. The largest absolute Gasteiger partial charge is 0.309 e. The summed E-state index contributed by atoms with van der Waals surface area (Å²) in [6.45, 7) is 0. The molecule has 1 aliphatic rings. The van der Waals surface area contributed by atoms with E-state index in [0.717, 1.165) is 0 Å². The molecule has 1 rings (SSSR count). The van der Waals surface area contributed by atoms with Crippen LogP contribution in [0, 0.1) is 0 Å². The number of hydrogen-bond donors (Lipinski definition) is 2. The molecule has 4 heteroatoms. The lowest BCUT2D eigenvalue weighted by atomic mass is 11.0. The summed E-state index contributed by atoms with van der Waals surface area (Å²) >= 11 is 5.29. The maximum atomic E-state index is 5.29. The fourth-order valence-electron chi connectivity index (χ4n) is 0.239. The van der Waals surface area contributed by atoms with Crippen molar-refractivity contribution in [2.45, 2.75) is 0 Å². The van der Waals surface area contributed by atoms with E-state index in [9.17, 15) is 0 Å². The van der Waals surface area contributed by atoms with Gasteiger partial charge in [0, 0.05) is 18.0 Å². The lowest BCUT2D eigenvalue weighted by molar-refractivity contribution is 0.436. The third-order valence-electron chi connectivity index (χ3n) is 0.460. The molecular formula is C2H4ClN3. The first-order chi connectivity index (χ1) is 2.89. The highest BCUT2D eigenvalue weighted by Crippen LogP contribution is 1.89. The molecule has 0 aromatic rings. The minimum atomic E-state index is 1.29. The zero-order valence-electron chi connectivity index (χ0n) is 2.98. The highest BCUT2D eigenvalue weighted by Gasteiger charge is 1.92. The summed E-state index contributed by atoms with van der Waals surface area (Å²) < 4.78 is 1.29. The third kappa shape index (κ3) is 0.555. The Balaban J connectivity index is 2.38. The Morgan fingerprint density at radius 1 is 1.67 bits per heavy atom. The second-order valence-electron chi connectivity index (χ2n) is 0.883. The Hall–Kier alpha value is -0.410. The van der Waals surface area contributed by atoms with E-state index >= 15 is 0 Å². The van der Waals surface area contributed by atoms with E-state index in [2.05, 4.69) is 11.0 Å². The first-order valence-corrected chi connectivity index (χ1v) is 1.86. The summed E-state index contributed by atoms with van der Waals surface area (Å²) in [5.74, 6) is 0. The van der Waals surface area contributed by atoms with Crippen LogP contribution < -0.4 is 11.0 Å². The van der Waals surface area contributed by atoms with Gasteiger partial charge in [0.05, 0.1) is 6.20 Å². The summed E-state index contributed by atoms with van der Waals surface area (Å²) in [6.07, 6.45) is 3.34. The second-order valence-corrected chi connectivity index (χ2v) is 1.25. The van der Waals surface area contributed by atoms with Crippen molar-refractivity contribution < 1.29 is 0 Å². The molecule has 0 fully saturated rings. The Bertz CT molecular complexity index is 71.2. The number of hydrazine groups is 2. The van der Waals surface area contributed by atoms with Gasteiger partial charge in [0.25, 0.3) is 0 Å². The zero-order valence-corrected chi connectivity index (χ0v) is 3.74. The standard InChI is InChI=1S/C2H4ClN3/c3-6-2-1-4-5-6/h1-2,4-5H. The van der Waals surface area contributed by atoms with E-state index in [1.54, 1.807) is 12.4 Å². The summed E-state index contributed by atoms with van der Waals surface area (Å²) in [4.78, 5) is 0. The Labute approximate surface area is 40.6 Å². The molecule has 2 N–H and O–H groups in total. The molecule has 6 heavy (non-hydrogen) atoms. The zero-order chi connectivity index (χ0) is 4.41. The number of halogens is 1. The first-order valence-electron chi connectivity index (χ1n) is 1.52. The molecule has 0 unspecified atom stereocenters. The summed E-state index contributed by atoms with van der Waals surface area (Å²) in [6, 6.07) is 0. The molecule has 3 nitrogen and oxygen atoms in total. The predicted molar refractivity (Wildman–Crippen MR) is 23.1 cm³/mol. The molecule has 0 radical (unpaired) electrons. The molecule has 0 aromatic carbocycles. The lowest BCUT2D eigenvalue weighted by Crippen LogP contribution is -2.28. The van der Waals surface area contributed by atoms with Gasteiger partial charge < -0.3 is 5.43 Å². The SMILES string of the molecule is ClN1C=CNN1. The molecule has 0 amide bonds. The number of hydrogen-bond acceptors (Lipinski definition) is 3. The molecule has 0 spiro atoms. The average Bonchev–Trinajstić information content (AvgIpc) is 1.86. The van der Waals surface area contributed by atoms with Gasteiger partial charge in [0.2, 0.25) is 0 Å². The van der Waals surface area contributed by atoms with Crippen LogP contribution in [0.4, 0.5) is 0 Å². The van der Waals surface area contributed by atoms with Crippen LogP contribution >= 0.6 is 11.8 Å². The number of nitrogens with one attached hydrogen (secondary N) is 2. The van der Waals surface area contributed by atoms with Crippen molar-refractivity contribution in [3.63, 3.8) is 0 Å². The molecular weight excluding hydrogens is 101 g/mol. The van der Waals surface area contributed by atoms with E-state index in [-0.39, 0.29) is 0 Å². The van der Waals surface area contributed by atoms with Crippen molar-refractivity contribution in [2.75, 3.05) is 0 Å². The molecule has 0 aliphatic carbocycles. The Morgan fingerprint density at radius 3 is 2.67 bits per heavy atom. The topological polar surface area (TPSA) is 27.3 Å². The van der Waals surface area contributed by atoms with Crippen molar-refractivity contribution in [1.29, 1.82) is 0 Å². The average molecular weight is 106 g/mol. The van der Waals surface area contributed by atoms with Crippen LogP contribution in [0.15, 0.2) is 12.4 Å². The van der Waals surface area contributed by atoms with Gasteiger partial charge in [-0.2, -0.15) is 0 Å². The molecule has 0 saturated heterocycles. The summed E-state index contributed by atoms with van der Waals surface area (Å²) in [5, 5.41) is 0. The van der Waals surface area contributed by atoms with Crippen molar-refractivity contribution in [2.24, 2.45) is 0 Å². The van der Waals surface area contributed by atoms with Gasteiger partial charge in [0.15, 0.2) is 0 Å². The number of rotatable bonds is 0. The monoisotopic (exact) mass is 105 g/mol. The first kappa shape index (κ1) is 3.77. The Kier molecular flexibility index (Phi) is 0.856. The van der Waals surface area contributed by atoms with E-state index in [4.69, 9.17) is 11.8 Å². The number of nitrogens with zero attached hydrogens (tertiary/aromatic N) is 1. The third-order valence-corrected chi connectivity index (χ3v) is 0.657. The molecule has 1 aliphatic heterocycles. The maximum absolute atomic E-state index is 5.29. The fraction of sp³-hybridized carbons (Fsp3) is 0. The van der Waals surface area contributed by atoms with Gasteiger partial charge in [-0.3, -0.25) is 0 Å². The van der Waals surface area contributed by atoms with E-state index in [0.29, 0.717) is 0 Å². The Morgan fingerprint density at radius 2 is 2.50 bits per heavy atom. The predicted octanol–water partition coefficient (Wildman–Crippen LogP) is -0.0638. The van der Waals surface area contributed by atoms with Crippen molar-refractivity contribution in [1.82, 2.24) is 15.5 Å². The van der Waals surface area contributed by atoms with Crippen LogP contribution in [0.2, 0.25) is 0 Å². The highest BCUT2D eigenvalue weighted by atomic mass is 35.5. The van der Waals surface area contributed by atoms with Gasteiger partial charge in [-0.25, -0.2) is 4.53 Å². The summed E-state index contributed by atoms with van der Waals surface area (Å²) in [5.41, 5.74) is 5.19. The minimum Gasteiger partial charge on any atom is -0.309 e. The quantitative estimate of drug-likeness (QED) is 0.423. The lowest BCUT2D eigenvalue weighted by Gasteiger charge is -1.99. The van der Waals surface area contributed by atoms with Crippen LogP contribution in [-0.4, -0.2) is 4.53 Å². The van der Waals surface area contributed by atoms with Crippen molar-refractivity contribution in [3.05, 3.63) is 12.4 Å². The van der Waals surface area contributed by atoms with Crippen LogP contribution in [-0.2, 0) is 0 Å².